The van der Waals surface area contributed by atoms with Gasteiger partial charge in [-0.25, -0.2) is 14.2 Å². The highest BCUT2D eigenvalue weighted by atomic mass is 19.1. The summed E-state index contributed by atoms with van der Waals surface area (Å²) in [7, 11) is 0. The van der Waals surface area contributed by atoms with Crippen molar-refractivity contribution in [1.29, 1.82) is 0 Å². The number of nitrogens with two attached hydrogens (primary N) is 1. The first-order chi connectivity index (χ1) is 12.5. The summed E-state index contributed by atoms with van der Waals surface area (Å²) in [6, 6.07) is 3.44. The zero-order chi connectivity index (χ0) is 18.7. The average Bonchev–Trinajstić information content (AvgIpc) is 2.62. The predicted molar refractivity (Wildman–Crippen MR) is 92.7 cm³/mol. The van der Waals surface area contributed by atoms with Gasteiger partial charge in [0.05, 0.1) is 12.2 Å². The van der Waals surface area contributed by atoms with Crippen molar-refractivity contribution in [3.05, 3.63) is 59.4 Å². The lowest BCUT2D eigenvalue weighted by atomic mass is 9.89. The predicted octanol–water partition coefficient (Wildman–Crippen LogP) is 1.94. The van der Waals surface area contributed by atoms with Gasteiger partial charge < -0.3 is 16.0 Å². The second-order valence-corrected chi connectivity index (χ2v) is 6.33. The van der Waals surface area contributed by atoms with Crippen LogP contribution in [-0.4, -0.2) is 39.4 Å². The van der Waals surface area contributed by atoms with Crippen molar-refractivity contribution >= 4 is 11.9 Å². The summed E-state index contributed by atoms with van der Waals surface area (Å²) in [5, 5.41) is 2.93. The number of aryl methyl sites for hydroxylation is 1. The van der Waals surface area contributed by atoms with E-state index in [1.165, 1.54) is 30.7 Å². The fourth-order valence-electron chi connectivity index (χ4n) is 3.34. The minimum atomic E-state index is -0.530. The van der Waals surface area contributed by atoms with Gasteiger partial charge in [0.15, 0.2) is 0 Å². The van der Waals surface area contributed by atoms with Crippen LogP contribution >= 0.6 is 0 Å². The monoisotopic (exact) mass is 357 g/mol. The molecule has 1 aromatic heterocycles. The van der Waals surface area contributed by atoms with Gasteiger partial charge in [0.2, 0.25) is 0 Å². The summed E-state index contributed by atoms with van der Waals surface area (Å²) in [5.41, 5.74) is 7.32. The van der Waals surface area contributed by atoms with Gasteiger partial charge in [0.1, 0.15) is 11.5 Å². The number of rotatable bonds is 3. The second kappa shape index (κ2) is 7.47. The number of nitrogens with zero attached hydrogens (tertiary/aromatic N) is 3. The van der Waals surface area contributed by atoms with Crippen LogP contribution in [0.2, 0.25) is 0 Å². The minimum absolute atomic E-state index is 0.158. The van der Waals surface area contributed by atoms with E-state index >= 15 is 0 Å². The van der Waals surface area contributed by atoms with Crippen molar-refractivity contribution < 1.29 is 14.0 Å². The van der Waals surface area contributed by atoms with Crippen LogP contribution < -0.4 is 11.1 Å². The number of carbonyl (C=O) groups excluding carboxylic acids is 2. The number of hydrogen-bond donors (Lipinski definition) is 2. The molecule has 1 aliphatic heterocycles. The Hall–Kier alpha value is -3.03. The van der Waals surface area contributed by atoms with Crippen LogP contribution in [0.1, 0.15) is 40.5 Å². The molecule has 3 rings (SSSR count). The number of halogens is 1. The van der Waals surface area contributed by atoms with Gasteiger partial charge in [-0.05, 0) is 43.0 Å². The molecule has 1 aromatic carbocycles. The summed E-state index contributed by atoms with van der Waals surface area (Å²) in [6.45, 7) is 2.20. The molecule has 2 atom stereocenters. The first-order valence-corrected chi connectivity index (χ1v) is 8.34. The van der Waals surface area contributed by atoms with Crippen LogP contribution in [0.15, 0.2) is 36.8 Å². The molecule has 0 aliphatic carbocycles. The molecule has 7 nitrogen and oxygen atoms in total. The first-order valence-electron chi connectivity index (χ1n) is 8.34. The molecular weight excluding hydrogens is 337 g/mol. The Kier molecular flexibility index (Phi) is 5.11. The fraction of sp³-hybridized carbons (Fsp3) is 0.333. The molecule has 3 N–H and O–H groups in total. The van der Waals surface area contributed by atoms with Crippen LogP contribution in [0.3, 0.4) is 0 Å². The number of aromatic nitrogens is 2. The fourth-order valence-corrected chi connectivity index (χ4v) is 3.34. The maximum Gasteiger partial charge on any atom is 0.315 e. The number of likely N-dealkylation sites (tertiary alicyclic amines) is 1. The zero-order valence-electron chi connectivity index (χ0n) is 14.4. The summed E-state index contributed by atoms with van der Waals surface area (Å²) < 4.78 is 13.4. The highest BCUT2D eigenvalue weighted by Gasteiger charge is 2.33. The van der Waals surface area contributed by atoms with Crippen LogP contribution in [-0.2, 0) is 0 Å². The van der Waals surface area contributed by atoms with E-state index < -0.39 is 6.03 Å². The smallest absolute Gasteiger partial charge is 0.315 e. The van der Waals surface area contributed by atoms with Crippen molar-refractivity contribution in [3.8, 4) is 0 Å². The number of primary amides is 1. The molecular formula is C18H20FN5O2. The van der Waals surface area contributed by atoms with Crippen molar-refractivity contribution in [3.63, 3.8) is 0 Å². The largest absolute Gasteiger partial charge is 0.351 e. The standard InChI is InChI=1S/C18H20FN5O2/c1-11-8-12(19)2-3-14(11)16-9-13(4-7-24(16)18(20)26)23-17(25)15-10-21-5-6-22-15/h2-3,5-6,8,10,13,16H,4,7,9H2,1H3,(H2,20,26)(H,23,25). The minimum Gasteiger partial charge on any atom is -0.351 e. The number of benzene rings is 1. The Labute approximate surface area is 150 Å². The molecule has 2 heterocycles. The number of nitrogens with one attached hydrogen (secondary N) is 1. The van der Waals surface area contributed by atoms with Crippen LogP contribution in [0, 0.1) is 12.7 Å². The molecule has 1 aliphatic rings. The maximum atomic E-state index is 13.4. The number of piperidine rings is 1. The van der Waals surface area contributed by atoms with E-state index in [4.69, 9.17) is 5.73 Å². The lowest BCUT2D eigenvalue weighted by molar-refractivity contribution is 0.0889. The van der Waals surface area contributed by atoms with Gasteiger partial charge in [-0.15, -0.1) is 0 Å². The van der Waals surface area contributed by atoms with E-state index in [1.54, 1.807) is 17.9 Å². The highest BCUT2D eigenvalue weighted by Crippen LogP contribution is 2.33. The van der Waals surface area contributed by atoms with Gasteiger partial charge in [0, 0.05) is 25.0 Å². The summed E-state index contributed by atoms with van der Waals surface area (Å²) >= 11 is 0. The lowest BCUT2D eigenvalue weighted by Crippen LogP contribution is -2.50. The van der Waals surface area contributed by atoms with E-state index in [2.05, 4.69) is 15.3 Å². The zero-order valence-corrected chi connectivity index (χ0v) is 14.4. The number of hydrogen-bond acceptors (Lipinski definition) is 4. The molecule has 136 valence electrons. The van der Waals surface area contributed by atoms with Gasteiger partial charge in [-0.3, -0.25) is 9.78 Å². The topological polar surface area (TPSA) is 101 Å². The maximum absolute atomic E-state index is 13.4. The third-order valence-corrected chi connectivity index (χ3v) is 4.61. The lowest BCUT2D eigenvalue weighted by Gasteiger charge is -2.39. The molecule has 2 aromatic rings. The van der Waals surface area contributed by atoms with Crippen LogP contribution in [0.5, 0.6) is 0 Å². The normalized spacial score (nSPS) is 19.8. The Bertz CT molecular complexity index is 814. The van der Waals surface area contributed by atoms with E-state index in [1.807, 2.05) is 0 Å². The Morgan fingerprint density at radius 3 is 2.81 bits per heavy atom. The number of carbonyl (C=O) groups is 2. The van der Waals surface area contributed by atoms with E-state index in [9.17, 15) is 14.0 Å². The summed E-state index contributed by atoms with van der Waals surface area (Å²) in [5.74, 6) is -0.648. The third kappa shape index (κ3) is 3.79. The molecule has 1 saturated heterocycles. The molecule has 0 bridgehead atoms. The van der Waals surface area contributed by atoms with Crippen LogP contribution in [0.4, 0.5) is 9.18 Å². The molecule has 8 heteroatoms. The summed E-state index contributed by atoms with van der Waals surface area (Å²) in [4.78, 5) is 33.6. The molecule has 0 saturated carbocycles. The number of urea groups is 1. The van der Waals surface area contributed by atoms with Gasteiger partial charge in [-0.2, -0.15) is 0 Å². The highest BCUT2D eigenvalue weighted by molar-refractivity contribution is 5.92. The molecule has 26 heavy (non-hydrogen) atoms. The summed E-state index contributed by atoms with van der Waals surface area (Å²) in [6.07, 6.45) is 5.41. The average molecular weight is 357 g/mol. The van der Waals surface area contributed by atoms with Gasteiger partial charge in [0.25, 0.3) is 5.91 Å². The third-order valence-electron chi connectivity index (χ3n) is 4.61. The van der Waals surface area contributed by atoms with Crippen LogP contribution in [0.25, 0.3) is 0 Å². The van der Waals surface area contributed by atoms with E-state index in [0.717, 1.165) is 11.1 Å². The van der Waals surface area contributed by atoms with E-state index in [0.29, 0.717) is 19.4 Å². The van der Waals surface area contributed by atoms with Crippen molar-refractivity contribution in [2.45, 2.75) is 31.8 Å². The molecule has 0 spiro atoms. The molecule has 0 radical (unpaired) electrons. The Balaban J connectivity index is 1.79. The quantitative estimate of drug-likeness (QED) is 0.876. The number of amides is 3. The Morgan fingerprint density at radius 1 is 1.35 bits per heavy atom. The molecule has 3 amide bonds. The van der Waals surface area contributed by atoms with Gasteiger partial charge in [-0.1, -0.05) is 6.07 Å². The van der Waals surface area contributed by atoms with E-state index in [-0.39, 0.29) is 29.5 Å². The molecule has 1 fully saturated rings. The van der Waals surface area contributed by atoms with Gasteiger partial charge >= 0.3 is 6.03 Å². The first kappa shape index (κ1) is 17.8. The SMILES string of the molecule is Cc1cc(F)ccc1C1CC(NC(=O)c2cnccn2)CCN1C(N)=O. The Morgan fingerprint density at radius 2 is 2.15 bits per heavy atom. The van der Waals surface area contributed by atoms with Crippen molar-refractivity contribution in [2.75, 3.05) is 6.54 Å². The van der Waals surface area contributed by atoms with Crippen molar-refractivity contribution in [1.82, 2.24) is 20.2 Å². The van der Waals surface area contributed by atoms with Crippen molar-refractivity contribution in [2.24, 2.45) is 5.73 Å². The second-order valence-electron chi connectivity index (χ2n) is 6.33. The molecule has 2 unspecified atom stereocenters.